The lowest BCUT2D eigenvalue weighted by molar-refractivity contribution is 0.0626. The fourth-order valence-electron chi connectivity index (χ4n) is 3.38. The molecule has 1 aromatic heterocycles. The molecule has 7 nitrogen and oxygen atoms in total. The van der Waals surface area contributed by atoms with Gasteiger partial charge >= 0.3 is 0 Å². The quantitative estimate of drug-likeness (QED) is 0.853. The second-order valence-electron chi connectivity index (χ2n) is 6.54. The Morgan fingerprint density at radius 3 is 2.68 bits per heavy atom. The normalized spacial score (nSPS) is 19.5. The number of para-hydroxylation sites is 1. The van der Waals surface area contributed by atoms with E-state index in [1.54, 1.807) is 32.4 Å². The first-order valence-electron chi connectivity index (χ1n) is 8.60. The molecule has 132 valence electrons. The minimum absolute atomic E-state index is 0.0783. The van der Waals surface area contributed by atoms with Crippen LogP contribution in [0.2, 0.25) is 0 Å². The van der Waals surface area contributed by atoms with Gasteiger partial charge in [-0.15, -0.1) is 0 Å². The summed E-state index contributed by atoms with van der Waals surface area (Å²) in [7, 11) is 3.12. The van der Waals surface area contributed by atoms with Gasteiger partial charge in [0.25, 0.3) is 5.91 Å². The summed E-state index contributed by atoms with van der Waals surface area (Å²) < 4.78 is 12.7. The fourth-order valence-corrected chi connectivity index (χ4v) is 3.38. The molecule has 1 atom stereocenters. The van der Waals surface area contributed by atoms with Crippen LogP contribution in [0.1, 0.15) is 53.7 Å². The summed E-state index contributed by atoms with van der Waals surface area (Å²) in [4.78, 5) is 19.7. The van der Waals surface area contributed by atoms with Crippen molar-refractivity contribution in [2.75, 3.05) is 20.8 Å². The molecule has 2 aliphatic rings. The van der Waals surface area contributed by atoms with Gasteiger partial charge in [-0.05, 0) is 31.9 Å². The van der Waals surface area contributed by atoms with Crippen LogP contribution in [-0.4, -0.2) is 46.3 Å². The Morgan fingerprint density at radius 1 is 1.20 bits per heavy atom. The number of rotatable bonds is 4. The number of benzene rings is 1. The highest BCUT2D eigenvalue weighted by Gasteiger charge is 2.35. The minimum atomic E-state index is -0.128. The van der Waals surface area contributed by atoms with Crippen molar-refractivity contribution in [3.8, 4) is 11.5 Å². The zero-order chi connectivity index (χ0) is 17.6. The van der Waals surface area contributed by atoms with Crippen molar-refractivity contribution in [3.63, 3.8) is 0 Å². The predicted molar refractivity (Wildman–Crippen MR) is 91.0 cm³/mol. The third-order valence-electron chi connectivity index (χ3n) is 4.95. The number of nitrogens with zero attached hydrogens (tertiary/aromatic N) is 4. The van der Waals surface area contributed by atoms with Gasteiger partial charge in [0.2, 0.25) is 0 Å². The molecule has 7 heteroatoms. The van der Waals surface area contributed by atoms with Gasteiger partial charge in [-0.2, -0.15) is 5.10 Å². The van der Waals surface area contributed by atoms with E-state index in [1.807, 2.05) is 16.5 Å². The molecule has 0 bridgehead atoms. The second kappa shape index (κ2) is 6.06. The van der Waals surface area contributed by atoms with E-state index in [4.69, 9.17) is 14.5 Å². The van der Waals surface area contributed by atoms with Crippen molar-refractivity contribution in [2.45, 2.75) is 38.3 Å². The summed E-state index contributed by atoms with van der Waals surface area (Å²) in [6.07, 6.45) is 2.34. The summed E-state index contributed by atoms with van der Waals surface area (Å²) in [5.41, 5.74) is 0.504. The van der Waals surface area contributed by atoms with E-state index in [0.717, 1.165) is 11.6 Å². The summed E-state index contributed by atoms with van der Waals surface area (Å²) in [6, 6.07) is 5.23. The molecule has 1 aliphatic heterocycles. The Balaban J connectivity index is 1.65. The van der Waals surface area contributed by atoms with E-state index < -0.39 is 0 Å². The Kier molecular flexibility index (Phi) is 3.86. The second-order valence-corrected chi connectivity index (χ2v) is 6.54. The smallest absolute Gasteiger partial charge is 0.258 e. The standard InChI is InChI=1S/C18H22N4O3/c1-11-17-19-16(12-7-8-12)20-22(17)10-9-21(11)18(23)13-5-4-6-14(24-2)15(13)25-3/h4-6,11-12H,7-10H2,1-3H3/t11-/m1/s1. The number of aromatic nitrogens is 3. The highest BCUT2D eigenvalue weighted by molar-refractivity contribution is 5.98. The van der Waals surface area contributed by atoms with Gasteiger partial charge in [0, 0.05) is 12.5 Å². The SMILES string of the molecule is COc1cccc(C(=O)N2CCn3nc(C4CC4)nc3[C@H]2C)c1OC. The van der Waals surface area contributed by atoms with E-state index in [1.165, 1.54) is 12.8 Å². The largest absolute Gasteiger partial charge is 0.493 e. The van der Waals surface area contributed by atoms with Crippen LogP contribution in [0.3, 0.4) is 0 Å². The van der Waals surface area contributed by atoms with E-state index >= 15 is 0 Å². The first kappa shape index (κ1) is 15.9. The van der Waals surface area contributed by atoms with E-state index in [0.29, 0.717) is 36.1 Å². The van der Waals surface area contributed by atoms with Crippen molar-refractivity contribution in [1.82, 2.24) is 19.7 Å². The summed E-state index contributed by atoms with van der Waals surface area (Å²) >= 11 is 0. The van der Waals surface area contributed by atoms with Gasteiger partial charge in [-0.25, -0.2) is 9.67 Å². The molecule has 0 N–H and O–H groups in total. The van der Waals surface area contributed by atoms with Gasteiger partial charge in [-0.3, -0.25) is 4.79 Å². The number of carbonyl (C=O) groups excluding carboxylic acids is 1. The lowest BCUT2D eigenvalue weighted by atomic mass is 10.1. The van der Waals surface area contributed by atoms with Crippen LogP contribution >= 0.6 is 0 Å². The number of ether oxygens (including phenoxy) is 2. The van der Waals surface area contributed by atoms with Crippen molar-refractivity contribution < 1.29 is 14.3 Å². The maximum Gasteiger partial charge on any atom is 0.258 e. The number of fused-ring (bicyclic) bond motifs is 1. The van der Waals surface area contributed by atoms with Crippen molar-refractivity contribution in [2.24, 2.45) is 0 Å². The molecule has 1 aliphatic carbocycles. The van der Waals surface area contributed by atoms with E-state index in [2.05, 4.69) is 5.10 Å². The Bertz CT molecular complexity index is 813. The minimum Gasteiger partial charge on any atom is -0.493 e. The van der Waals surface area contributed by atoms with Gasteiger partial charge < -0.3 is 14.4 Å². The number of amides is 1. The molecule has 1 fully saturated rings. The van der Waals surface area contributed by atoms with E-state index in [9.17, 15) is 4.79 Å². The maximum absolute atomic E-state index is 13.2. The zero-order valence-corrected chi connectivity index (χ0v) is 14.7. The van der Waals surface area contributed by atoms with Gasteiger partial charge in [-0.1, -0.05) is 6.07 Å². The number of methoxy groups -OCH3 is 2. The maximum atomic E-state index is 13.2. The lowest BCUT2D eigenvalue weighted by Gasteiger charge is -2.33. The zero-order valence-electron chi connectivity index (χ0n) is 14.7. The summed E-state index contributed by atoms with van der Waals surface area (Å²) in [5.74, 6) is 3.24. The fraction of sp³-hybridized carbons (Fsp3) is 0.500. The topological polar surface area (TPSA) is 69.5 Å². The first-order valence-corrected chi connectivity index (χ1v) is 8.60. The van der Waals surface area contributed by atoms with Crippen LogP contribution in [0.25, 0.3) is 0 Å². The average Bonchev–Trinajstić information content (AvgIpc) is 3.39. The third-order valence-corrected chi connectivity index (χ3v) is 4.95. The first-order chi connectivity index (χ1) is 12.1. The van der Waals surface area contributed by atoms with Crippen LogP contribution in [0.4, 0.5) is 0 Å². The molecule has 0 radical (unpaired) electrons. The van der Waals surface area contributed by atoms with Crippen LogP contribution in [0.5, 0.6) is 11.5 Å². The summed E-state index contributed by atoms with van der Waals surface area (Å²) in [6.45, 7) is 3.26. The molecule has 1 amide bonds. The third kappa shape index (κ3) is 2.63. The molecule has 0 spiro atoms. The van der Waals surface area contributed by atoms with E-state index in [-0.39, 0.29) is 11.9 Å². The molecular formula is C18H22N4O3. The summed E-state index contributed by atoms with van der Waals surface area (Å²) in [5, 5.41) is 4.61. The Morgan fingerprint density at radius 2 is 2.00 bits per heavy atom. The molecule has 2 aromatic rings. The highest BCUT2D eigenvalue weighted by Crippen LogP contribution is 2.39. The highest BCUT2D eigenvalue weighted by atomic mass is 16.5. The lowest BCUT2D eigenvalue weighted by Crippen LogP contribution is -2.41. The average molecular weight is 342 g/mol. The van der Waals surface area contributed by atoms with Crippen molar-refractivity contribution in [3.05, 3.63) is 35.4 Å². The van der Waals surface area contributed by atoms with Crippen molar-refractivity contribution >= 4 is 5.91 Å². The van der Waals surface area contributed by atoms with Crippen LogP contribution in [-0.2, 0) is 6.54 Å². The molecule has 1 saturated carbocycles. The predicted octanol–water partition coefficient (Wildman–Crippen LogP) is 2.39. The number of hydrogen-bond donors (Lipinski definition) is 0. The van der Waals surface area contributed by atoms with Gasteiger partial charge in [0.15, 0.2) is 17.3 Å². The molecule has 2 heterocycles. The van der Waals surface area contributed by atoms with Crippen LogP contribution < -0.4 is 9.47 Å². The molecule has 0 saturated heterocycles. The van der Waals surface area contributed by atoms with Crippen molar-refractivity contribution in [1.29, 1.82) is 0 Å². The Labute approximate surface area is 146 Å². The number of hydrogen-bond acceptors (Lipinski definition) is 5. The monoisotopic (exact) mass is 342 g/mol. The van der Waals surface area contributed by atoms with Gasteiger partial charge in [0.05, 0.1) is 32.4 Å². The Hall–Kier alpha value is -2.57. The molecule has 4 rings (SSSR count). The molecule has 0 unspecified atom stereocenters. The molecule has 25 heavy (non-hydrogen) atoms. The van der Waals surface area contributed by atoms with Gasteiger partial charge in [0.1, 0.15) is 5.82 Å². The van der Waals surface area contributed by atoms with Crippen LogP contribution in [0, 0.1) is 0 Å². The molecular weight excluding hydrogens is 320 g/mol. The molecule has 1 aromatic carbocycles. The number of carbonyl (C=O) groups is 1. The van der Waals surface area contributed by atoms with Crippen LogP contribution in [0.15, 0.2) is 18.2 Å².